The molecule has 1 aromatic carbocycles. The summed E-state index contributed by atoms with van der Waals surface area (Å²) in [5.41, 5.74) is 3.34. The number of halogens is 1. The molecule has 0 N–H and O–H groups in total. The second kappa shape index (κ2) is 8.05. The summed E-state index contributed by atoms with van der Waals surface area (Å²) in [6.07, 6.45) is 0.346. The van der Waals surface area contributed by atoms with Gasteiger partial charge in [0.05, 0.1) is 21.0 Å². The number of fused-ring (bicyclic) bond motifs is 1. The number of aromatic nitrogens is 1. The molecule has 0 bridgehead atoms. The summed E-state index contributed by atoms with van der Waals surface area (Å²) in [6.45, 7) is 5.55. The number of carbonyl (C=O) groups is 1. The smallest absolute Gasteiger partial charge is 0.234 e. The summed E-state index contributed by atoms with van der Waals surface area (Å²) in [6, 6.07) is 8.02. The fourth-order valence-electron chi connectivity index (χ4n) is 2.79. The molecule has 2 heterocycles. The van der Waals surface area contributed by atoms with E-state index < -0.39 is 0 Å². The van der Waals surface area contributed by atoms with Crippen LogP contribution < -0.4 is 4.90 Å². The highest BCUT2D eigenvalue weighted by molar-refractivity contribution is 7.22. The van der Waals surface area contributed by atoms with Crippen LogP contribution in [0.15, 0.2) is 24.3 Å². The van der Waals surface area contributed by atoms with Crippen molar-refractivity contribution in [1.82, 2.24) is 9.88 Å². The van der Waals surface area contributed by atoms with E-state index >= 15 is 0 Å². The van der Waals surface area contributed by atoms with Gasteiger partial charge in [-0.1, -0.05) is 29.0 Å². The molecule has 0 aliphatic rings. The Balaban J connectivity index is 1.92. The Morgan fingerprint density at radius 2 is 1.92 bits per heavy atom. The van der Waals surface area contributed by atoms with Crippen molar-refractivity contribution in [3.63, 3.8) is 0 Å². The maximum Gasteiger partial charge on any atom is 0.234 e. The molecule has 7 heteroatoms. The lowest BCUT2D eigenvalue weighted by Gasteiger charge is -2.21. The Morgan fingerprint density at radius 3 is 2.58 bits per heavy atom. The van der Waals surface area contributed by atoms with E-state index in [1.807, 2.05) is 31.1 Å². The molecule has 0 aliphatic carbocycles. The number of benzene rings is 1. The van der Waals surface area contributed by atoms with Gasteiger partial charge in [-0.05, 0) is 57.3 Å². The van der Waals surface area contributed by atoms with Crippen molar-refractivity contribution in [3.8, 4) is 0 Å². The molecule has 0 saturated carbocycles. The second-order valence-corrected chi connectivity index (χ2v) is 9.46. The van der Waals surface area contributed by atoms with Crippen molar-refractivity contribution in [2.75, 3.05) is 32.1 Å². The zero-order valence-electron chi connectivity index (χ0n) is 15.4. The van der Waals surface area contributed by atoms with Crippen LogP contribution in [0.25, 0.3) is 10.2 Å². The van der Waals surface area contributed by atoms with Crippen LogP contribution in [0.5, 0.6) is 0 Å². The summed E-state index contributed by atoms with van der Waals surface area (Å²) in [4.78, 5) is 22.6. The number of thiazole rings is 1. The van der Waals surface area contributed by atoms with Crippen LogP contribution in [0, 0.1) is 13.8 Å². The normalized spacial score (nSPS) is 11.5. The van der Waals surface area contributed by atoms with Crippen LogP contribution in [0.1, 0.15) is 16.0 Å². The lowest BCUT2D eigenvalue weighted by atomic mass is 10.1. The fourth-order valence-corrected chi connectivity index (χ4v) is 5.06. The van der Waals surface area contributed by atoms with E-state index in [9.17, 15) is 4.79 Å². The van der Waals surface area contributed by atoms with Gasteiger partial charge >= 0.3 is 0 Å². The van der Waals surface area contributed by atoms with Crippen molar-refractivity contribution in [3.05, 3.63) is 44.6 Å². The van der Waals surface area contributed by atoms with Crippen LogP contribution in [-0.2, 0) is 11.2 Å². The van der Waals surface area contributed by atoms with E-state index in [0.29, 0.717) is 17.3 Å². The zero-order chi connectivity index (χ0) is 18.8. The molecule has 0 fully saturated rings. The van der Waals surface area contributed by atoms with Crippen LogP contribution in [0.2, 0.25) is 4.34 Å². The number of rotatable bonds is 6. The first kappa shape index (κ1) is 19.3. The minimum absolute atomic E-state index is 0.0544. The monoisotopic (exact) mass is 407 g/mol. The highest BCUT2D eigenvalue weighted by Crippen LogP contribution is 2.32. The fraction of sp³-hybridized carbons (Fsp3) is 0.368. The van der Waals surface area contributed by atoms with Gasteiger partial charge in [-0.25, -0.2) is 4.98 Å². The van der Waals surface area contributed by atoms with Gasteiger partial charge in [-0.3, -0.25) is 9.69 Å². The van der Waals surface area contributed by atoms with Crippen molar-refractivity contribution in [2.24, 2.45) is 0 Å². The number of nitrogens with zero attached hydrogens (tertiary/aromatic N) is 3. The van der Waals surface area contributed by atoms with E-state index in [-0.39, 0.29) is 5.91 Å². The van der Waals surface area contributed by atoms with E-state index in [0.717, 1.165) is 32.3 Å². The molecule has 4 nitrogen and oxygen atoms in total. The minimum atomic E-state index is 0.0544. The quantitative estimate of drug-likeness (QED) is 0.590. The molecule has 138 valence electrons. The van der Waals surface area contributed by atoms with Crippen molar-refractivity contribution < 1.29 is 4.79 Å². The third kappa shape index (κ3) is 4.43. The first-order valence-electron chi connectivity index (χ1n) is 8.40. The number of likely N-dealkylation sites (N-methyl/N-ethyl adjacent to an activating group) is 1. The number of carbonyl (C=O) groups excluding carboxylic acids is 1. The minimum Gasteiger partial charge on any atom is -0.308 e. The third-order valence-corrected chi connectivity index (χ3v) is 6.33. The molecule has 3 rings (SSSR count). The molecule has 0 atom stereocenters. The standard InChI is InChI=1S/C19H22ClN3OS2/c1-12-9-13(2)18-15(10-12)26-19(21-18)23(8-7-22(3)4)17(24)11-14-5-6-16(20)25-14/h5-6,9-10H,7-8,11H2,1-4H3. The Morgan fingerprint density at radius 1 is 1.15 bits per heavy atom. The van der Waals surface area contributed by atoms with E-state index in [1.54, 1.807) is 11.3 Å². The Bertz CT molecular complexity index is 932. The molecule has 0 radical (unpaired) electrons. The number of thiophene rings is 1. The predicted molar refractivity (Wildman–Crippen MR) is 113 cm³/mol. The second-order valence-electron chi connectivity index (χ2n) is 6.66. The Hall–Kier alpha value is -1.47. The van der Waals surface area contributed by atoms with Crippen LogP contribution in [0.4, 0.5) is 5.13 Å². The van der Waals surface area contributed by atoms with E-state index in [1.165, 1.54) is 16.9 Å². The number of hydrogen-bond donors (Lipinski definition) is 0. The van der Waals surface area contributed by atoms with Crippen molar-refractivity contribution in [1.29, 1.82) is 0 Å². The molecule has 3 aromatic rings. The average Bonchev–Trinajstić information content (AvgIpc) is 3.13. The van der Waals surface area contributed by atoms with Gasteiger partial charge in [0.15, 0.2) is 5.13 Å². The first-order chi connectivity index (χ1) is 12.3. The highest BCUT2D eigenvalue weighted by Gasteiger charge is 2.21. The maximum atomic E-state index is 13.0. The average molecular weight is 408 g/mol. The zero-order valence-corrected chi connectivity index (χ0v) is 17.8. The summed E-state index contributed by atoms with van der Waals surface area (Å²) in [5, 5.41) is 0.767. The summed E-state index contributed by atoms with van der Waals surface area (Å²) < 4.78 is 1.83. The third-order valence-electron chi connectivity index (χ3n) is 4.08. The van der Waals surface area contributed by atoms with Gasteiger partial charge in [-0.2, -0.15) is 0 Å². The molecular formula is C19H22ClN3OS2. The van der Waals surface area contributed by atoms with Crippen LogP contribution in [0.3, 0.4) is 0 Å². The SMILES string of the molecule is Cc1cc(C)c2nc(N(CCN(C)C)C(=O)Cc3ccc(Cl)s3)sc2c1. The van der Waals surface area contributed by atoms with Crippen LogP contribution >= 0.6 is 34.3 Å². The molecule has 0 spiro atoms. The van der Waals surface area contributed by atoms with Gasteiger partial charge < -0.3 is 4.90 Å². The number of amides is 1. The Kier molecular flexibility index (Phi) is 5.97. The summed E-state index contributed by atoms with van der Waals surface area (Å²) >= 11 is 9.04. The van der Waals surface area contributed by atoms with Gasteiger partial charge in [0.1, 0.15) is 0 Å². The van der Waals surface area contributed by atoms with Gasteiger partial charge in [0.2, 0.25) is 5.91 Å². The van der Waals surface area contributed by atoms with Gasteiger partial charge in [0, 0.05) is 18.0 Å². The van der Waals surface area contributed by atoms with E-state index in [4.69, 9.17) is 16.6 Å². The maximum absolute atomic E-state index is 13.0. The number of anilines is 1. The Labute approximate surface area is 167 Å². The molecule has 0 aliphatic heterocycles. The van der Waals surface area contributed by atoms with Crippen molar-refractivity contribution >= 4 is 55.5 Å². The predicted octanol–water partition coefficient (Wildman–Crippen LogP) is 4.77. The summed E-state index contributed by atoms with van der Waals surface area (Å²) in [5.74, 6) is 0.0544. The highest BCUT2D eigenvalue weighted by atomic mass is 35.5. The molecule has 0 unspecified atom stereocenters. The molecule has 0 saturated heterocycles. The summed E-state index contributed by atoms with van der Waals surface area (Å²) in [7, 11) is 4.01. The number of aryl methyl sites for hydroxylation is 2. The van der Waals surface area contributed by atoms with Crippen molar-refractivity contribution in [2.45, 2.75) is 20.3 Å². The molecule has 1 amide bonds. The molecular weight excluding hydrogens is 386 g/mol. The van der Waals surface area contributed by atoms with Gasteiger partial charge in [0.25, 0.3) is 0 Å². The topological polar surface area (TPSA) is 36.4 Å². The molecule has 2 aromatic heterocycles. The van der Waals surface area contributed by atoms with Gasteiger partial charge in [-0.15, -0.1) is 11.3 Å². The lowest BCUT2D eigenvalue weighted by molar-refractivity contribution is -0.118. The lowest BCUT2D eigenvalue weighted by Crippen LogP contribution is -2.37. The van der Waals surface area contributed by atoms with E-state index in [2.05, 4.69) is 30.9 Å². The van der Waals surface area contributed by atoms with Crippen LogP contribution in [-0.4, -0.2) is 43.0 Å². The first-order valence-corrected chi connectivity index (χ1v) is 10.4. The number of hydrogen-bond acceptors (Lipinski definition) is 5. The largest absolute Gasteiger partial charge is 0.308 e. The molecule has 26 heavy (non-hydrogen) atoms.